The van der Waals surface area contributed by atoms with Gasteiger partial charge >= 0.3 is 0 Å². The lowest BCUT2D eigenvalue weighted by Crippen LogP contribution is -2.10. The predicted molar refractivity (Wildman–Crippen MR) is 57.5 cm³/mol. The molecular formula is C10H14FNOS. The van der Waals surface area contributed by atoms with E-state index in [1.54, 1.807) is 12.1 Å². The van der Waals surface area contributed by atoms with Crippen LogP contribution in [-0.2, 0) is 10.8 Å². The molecule has 14 heavy (non-hydrogen) atoms. The van der Waals surface area contributed by atoms with E-state index in [2.05, 4.69) is 5.32 Å². The first-order chi connectivity index (χ1) is 6.50. The van der Waals surface area contributed by atoms with Crippen molar-refractivity contribution in [2.75, 3.05) is 11.6 Å². The van der Waals surface area contributed by atoms with E-state index in [4.69, 9.17) is 0 Å². The minimum atomic E-state index is -1.26. The molecule has 4 heteroatoms. The van der Waals surface area contributed by atoms with Crippen molar-refractivity contribution in [1.82, 2.24) is 0 Å². The van der Waals surface area contributed by atoms with Gasteiger partial charge in [-0.3, -0.25) is 4.21 Å². The predicted octanol–water partition coefficient (Wildman–Crippen LogP) is 2.38. The minimum Gasteiger partial charge on any atom is -0.383 e. The van der Waals surface area contributed by atoms with Crippen LogP contribution in [0.3, 0.4) is 0 Å². The molecule has 0 bridgehead atoms. The molecule has 0 saturated carbocycles. The lowest BCUT2D eigenvalue weighted by Gasteiger charge is -2.10. The van der Waals surface area contributed by atoms with E-state index < -0.39 is 16.6 Å². The van der Waals surface area contributed by atoms with Crippen molar-refractivity contribution in [3.8, 4) is 0 Å². The number of nitrogens with one attached hydrogen (secondary N) is 1. The van der Waals surface area contributed by atoms with Crippen LogP contribution in [0.2, 0.25) is 0 Å². The second-order valence-corrected chi connectivity index (χ2v) is 4.75. The Balaban J connectivity index is 2.94. The van der Waals surface area contributed by atoms with Crippen LogP contribution >= 0.6 is 0 Å². The summed E-state index contributed by atoms with van der Waals surface area (Å²) in [6.45, 7) is 3.95. The highest BCUT2D eigenvalue weighted by atomic mass is 32.2. The Kier molecular flexibility index (Phi) is 3.63. The third-order valence-electron chi connectivity index (χ3n) is 1.70. The quantitative estimate of drug-likeness (QED) is 0.838. The fraction of sp³-hybridized carbons (Fsp3) is 0.400. The van der Waals surface area contributed by atoms with Crippen molar-refractivity contribution < 1.29 is 8.60 Å². The van der Waals surface area contributed by atoms with E-state index in [1.165, 1.54) is 12.3 Å². The van der Waals surface area contributed by atoms with E-state index >= 15 is 0 Å². The highest BCUT2D eigenvalue weighted by Crippen LogP contribution is 2.17. The van der Waals surface area contributed by atoms with Gasteiger partial charge in [0.25, 0.3) is 0 Å². The molecule has 0 fully saturated rings. The third kappa shape index (κ3) is 2.80. The van der Waals surface area contributed by atoms with Gasteiger partial charge in [0.1, 0.15) is 5.82 Å². The van der Waals surface area contributed by atoms with Crippen LogP contribution in [0.15, 0.2) is 23.1 Å². The van der Waals surface area contributed by atoms with Crippen molar-refractivity contribution in [2.24, 2.45) is 0 Å². The maximum atomic E-state index is 13.3. The van der Waals surface area contributed by atoms with Crippen molar-refractivity contribution in [3.05, 3.63) is 24.0 Å². The van der Waals surface area contributed by atoms with Gasteiger partial charge in [0.15, 0.2) is 0 Å². The molecule has 1 rings (SSSR count). The number of halogens is 1. The summed E-state index contributed by atoms with van der Waals surface area (Å²) in [5, 5.41) is 3.07. The molecule has 1 aromatic rings. The van der Waals surface area contributed by atoms with Gasteiger partial charge in [-0.1, -0.05) is 0 Å². The molecule has 0 saturated heterocycles. The van der Waals surface area contributed by atoms with Crippen LogP contribution < -0.4 is 5.32 Å². The molecule has 0 amide bonds. The average Bonchev–Trinajstić information content (AvgIpc) is 2.01. The number of hydrogen-bond acceptors (Lipinski definition) is 2. The molecule has 1 N–H and O–H groups in total. The van der Waals surface area contributed by atoms with Gasteiger partial charge in [-0.15, -0.1) is 0 Å². The first-order valence-electron chi connectivity index (χ1n) is 4.40. The van der Waals surface area contributed by atoms with Gasteiger partial charge < -0.3 is 5.32 Å². The van der Waals surface area contributed by atoms with Gasteiger partial charge in [-0.2, -0.15) is 0 Å². The zero-order valence-corrected chi connectivity index (χ0v) is 9.32. The molecular weight excluding hydrogens is 201 g/mol. The van der Waals surface area contributed by atoms with E-state index in [9.17, 15) is 8.60 Å². The first-order valence-corrected chi connectivity index (χ1v) is 5.96. The number of anilines is 1. The topological polar surface area (TPSA) is 29.1 Å². The van der Waals surface area contributed by atoms with Gasteiger partial charge in [0.2, 0.25) is 0 Å². The summed E-state index contributed by atoms with van der Waals surface area (Å²) in [5.41, 5.74) is 0.715. The number of rotatable bonds is 3. The summed E-state index contributed by atoms with van der Waals surface area (Å²) in [6.07, 6.45) is 1.47. The molecule has 0 aliphatic carbocycles. The Labute approximate surface area is 86.0 Å². The largest absolute Gasteiger partial charge is 0.383 e. The SMILES string of the molecule is CC(C)Nc1ccc(S(C)=O)c(F)c1. The average molecular weight is 215 g/mol. The van der Waals surface area contributed by atoms with E-state index in [0.29, 0.717) is 5.69 Å². The summed E-state index contributed by atoms with van der Waals surface area (Å²) in [7, 11) is -1.26. The highest BCUT2D eigenvalue weighted by Gasteiger charge is 2.06. The maximum Gasteiger partial charge on any atom is 0.141 e. The standard InChI is InChI=1S/C10H14FNOS/c1-7(2)12-8-4-5-10(14(3)13)9(11)6-8/h4-7,12H,1-3H3. The Morgan fingerprint density at radius 2 is 2.07 bits per heavy atom. The molecule has 0 aromatic heterocycles. The van der Waals surface area contributed by atoms with Crippen LogP contribution in [0, 0.1) is 5.82 Å². The lowest BCUT2D eigenvalue weighted by atomic mass is 10.3. The van der Waals surface area contributed by atoms with Crippen LogP contribution in [0.5, 0.6) is 0 Å². The van der Waals surface area contributed by atoms with Gasteiger partial charge in [-0.25, -0.2) is 4.39 Å². The number of hydrogen-bond donors (Lipinski definition) is 1. The normalized spacial score (nSPS) is 12.9. The maximum absolute atomic E-state index is 13.3. The summed E-state index contributed by atoms with van der Waals surface area (Å²) in [4.78, 5) is 0.249. The molecule has 1 unspecified atom stereocenters. The summed E-state index contributed by atoms with van der Waals surface area (Å²) in [5.74, 6) is -0.420. The molecule has 2 nitrogen and oxygen atoms in total. The smallest absolute Gasteiger partial charge is 0.141 e. The van der Waals surface area contributed by atoms with Crippen LogP contribution in [0.4, 0.5) is 10.1 Å². The van der Waals surface area contributed by atoms with Crippen molar-refractivity contribution in [1.29, 1.82) is 0 Å². The van der Waals surface area contributed by atoms with Crippen molar-refractivity contribution in [2.45, 2.75) is 24.8 Å². The second kappa shape index (κ2) is 4.55. The molecule has 0 aliphatic rings. The number of benzene rings is 1. The van der Waals surface area contributed by atoms with E-state index in [1.807, 2.05) is 13.8 Å². The molecule has 0 aliphatic heterocycles. The molecule has 0 spiro atoms. The lowest BCUT2D eigenvalue weighted by molar-refractivity contribution is 0.596. The highest BCUT2D eigenvalue weighted by molar-refractivity contribution is 7.84. The molecule has 1 atom stereocenters. The van der Waals surface area contributed by atoms with Crippen LogP contribution in [0.1, 0.15) is 13.8 Å². The second-order valence-electron chi connectivity index (χ2n) is 3.40. The van der Waals surface area contributed by atoms with Crippen LogP contribution in [0.25, 0.3) is 0 Å². The minimum absolute atomic E-state index is 0.249. The monoisotopic (exact) mass is 215 g/mol. The Morgan fingerprint density at radius 1 is 1.43 bits per heavy atom. The van der Waals surface area contributed by atoms with Crippen LogP contribution in [-0.4, -0.2) is 16.5 Å². The molecule has 1 aromatic carbocycles. The van der Waals surface area contributed by atoms with Gasteiger partial charge in [-0.05, 0) is 32.0 Å². The fourth-order valence-corrected chi connectivity index (χ4v) is 1.75. The van der Waals surface area contributed by atoms with E-state index in [0.717, 1.165) is 0 Å². The molecule has 0 heterocycles. The van der Waals surface area contributed by atoms with Gasteiger partial charge in [0, 0.05) is 18.0 Å². The fourth-order valence-electron chi connectivity index (χ4n) is 1.16. The molecule has 78 valence electrons. The first kappa shape index (κ1) is 11.2. The summed E-state index contributed by atoms with van der Waals surface area (Å²) < 4.78 is 24.4. The third-order valence-corrected chi connectivity index (χ3v) is 2.65. The zero-order valence-electron chi connectivity index (χ0n) is 8.50. The Morgan fingerprint density at radius 3 is 2.50 bits per heavy atom. The van der Waals surface area contributed by atoms with E-state index in [-0.39, 0.29) is 10.9 Å². The van der Waals surface area contributed by atoms with Crippen molar-refractivity contribution >= 4 is 16.5 Å². The summed E-state index contributed by atoms with van der Waals surface area (Å²) in [6, 6.07) is 4.92. The van der Waals surface area contributed by atoms with Crippen molar-refractivity contribution in [3.63, 3.8) is 0 Å². The van der Waals surface area contributed by atoms with Gasteiger partial charge in [0.05, 0.1) is 15.7 Å². The Hall–Kier alpha value is -0.900. The Bertz CT molecular complexity index is 352. The molecule has 0 radical (unpaired) electrons. The zero-order chi connectivity index (χ0) is 10.7. The summed E-state index contributed by atoms with van der Waals surface area (Å²) >= 11 is 0.